The van der Waals surface area contributed by atoms with E-state index in [0.717, 1.165) is 5.75 Å². The summed E-state index contributed by atoms with van der Waals surface area (Å²) in [6, 6.07) is 4.10. The smallest absolute Gasteiger partial charge is 0.119 e. The molecule has 0 saturated carbocycles. The van der Waals surface area contributed by atoms with Crippen molar-refractivity contribution >= 4 is 22.6 Å². The molecule has 0 aliphatic rings. The van der Waals surface area contributed by atoms with Gasteiger partial charge >= 0.3 is 0 Å². The van der Waals surface area contributed by atoms with Gasteiger partial charge in [0.05, 0.1) is 7.11 Å². The minimum atomic E-state index is 0.945. The Balaban J connectivity index is 3.21. The molecule has 0 radical (unpaired) electrons. The Hall–Kier alpha value is -0.250. The molecule has 1 aromatic carbocycles. The van der Waals surface area contributed by atoms with Crippen LogP contribution in [-0.4, -0.2) is 7.11 Å². The molecule has 0 amide bonds. The first-order valence-electron chi connectivity index (χ1n) is 3.46. The molecule has 1 rings (SSSR count). The number of ether oxygens (including phenoxy) is 1. The van der Waals surface area contributed by atoms with Crippen molar-refractivity contribution in [3.8, 4) is 5.75 Å². The molecule has 0 aromatic heterocycles. The Morgan fingerprint density at radius 2 is 1.64 bits per heavy atom. The average Bonchev–Trinajstić information content (AvgIpc) is 1.99. The summed E-state index contributed by atoms with van der Waals surface area (Å²) in [5.74, 6) is 0.945. The summed E-state index contributed by atoms with van der Waals surface area (Å²) in [7, 11) is 1.70. The van der Waals surface area contributed by atoms with Crippen LogP contribution in [0, 0.1) is 17.4 Å². The highest BCUT2D eigenvalue weighted by molar-refractivity contribution is 14.1. The SMILES string of the molecule is COc1cc(C)c(I)c(C)c1. The summed E-state index contributed by atoms with van der Waals surface area (Å²) < 4.78 is 6.45. The van der Waals surface area contributed by atoms with E-state index in [1.807, 2.05) is 0 Å². The summed E-state index contributed by atoms with van der Waals surface area (Å²) in [6.07, 6.45) is 0. The second-order valence-corrected chi connectivity index (χ2v) is 3.65. The fourth-order valence-electron chi connectivity index (χ4n) is 1.02. The molecule has 0 spiro atoms. The molecule has 0 saturated heterocycles. The summed E-state index contributed by atoms with van der Waals surface area (Å²) >= 11 is 2.35. The number of hydrogen-bond acceptors (Lipinski definition) is 1. The maximum Gasteiger partial charge on any atom is 0.119 e. The number of methoxy groups -OCH3 is 1. The van der Waals surface area contributed by atoms with Gasteiger partial charge in [-0.15, -0.1) is 0 Å². The van der Waals surface area contributed by atoms with Gasteiger partial charge in [-0.25, -0.2) is 0 Å². The maximum atomic E-state index is 5.13. The van der Waals surface area contributed by atoms with Crippen LogP contribution in [0.1, 0.15) is 11.1 Å². The number of halogens is 1. The number of benzene rings is 1. The lowest BCUT2D eigenvalue weighted by Gasteiger charge is -2.05. The molecular formula is C9H11IO. The van der Waals surface area contributed by atoms with Crippen LogP contribution in [0.25, 0.3) is 0 Å². The fourth-order valence-corrected chi connectivity index (χ4v) is 1.34. The predicted octanol–water partition coefficient (Wildman–Crippen LogP) is 2.92. The van der Waals surface area contributed by atoms with Gasteiger partial charge in [-0.2, -0.15) is 0 Å². The minimum Gasteiger partial charge on any atom is -0.497 e. The van der Waals surface area contributed by atoms with Crippen molar-refractivity contribution < 1.29 is 4.74 Å². The van der Waals surface area contributed by atoms with E-state index in [-0.39, 0.29) is 0 Å². The number of hydrogen-bond donors (Lipinski definition) is 0. The predicted molar refractivity (Wildman–Crippen MR) is 55.2 cm³/mol. The van der Waals surface area contributed by atoms with Crippen LogP contribution in [0.4, 0.5) is 0 Å². The molecule has 0 N–H and O–H groups in total. The van der Waals surface area contributed by atoms with Gasteiger partial charge in [0.1, 0.15) is 5.75 Å². The lowest BCUT2D eigenvalue weighted by atomic mass is 10.1. The van der Waals surface area contributed by atoms with Crippen molar-refractivity contribution in [3.63, 3.8) is 0 Å². The van der Waals surface area contributed by atoms with Crippen molar-refractivity contribution in [1.82, 2.24) is 0 Å². The van der Waals surface area contributed by atoms with Crippen LogP contribution >= 0.6 is 22.6 Å². The molecule has 2 heteroatoms. The third-order valence-corrected chi connectivity index (χ3v) is 3.35. The van der Waals surface area contributed by atoms with Gasteiger partial charge in [0.15, 0.2) is 0 Å². The van der Waals surface area contributed by atoms with Gasteiger partial charge in [-0.05, 0) is 59.7 Å². The van der Waals surface area contributed by atoms with E-state index < -0.39 is 0 Å². The van der Waals surface area contributed by atoms with Gasteiger partial charge in [0, 0.05) is 3.57 Å². The van der Waals surface area contributed by atoms with Crippen LogP contribution in [0.15, 0.2) is 12.1 Å². The zero-order chi connectivity index (χ0) is 8.43. The Morgan fingerprint density at radius 1 is 1.18 bits per heavy atom. The summed E-state index contributed by atoms with van der Waals surface area (Å²) in [6.45, 7) is 4.19. The fraction of sp³-hybridized carbons (Fsp3) is 0.333. The van der Waals surface area contributed by atoms with E-state index in [2.05, 4.69) is 48.6 Å². The Labute approximate surface area is 80.9 Å². The van der Waals surface area contributed by atoms with E-state index in [1.54, 1.807) is 7.11 Å². The van der Waals surface area contributed by atoms with Gasteiger partial charge in [0.2, 0.25) is 0 Å². The Bertz CT molecular complexity index is 245. The van der Waals surface area contributed by atoms with Crippen molar-refractivity contribution in [2.45, 2.75) is 13.8 Å². The normalized spacial score (nSPS) is 9.82. The molecule has 1 aromatic rings. The van der Waals surface area contributed by atoms with Crippen molar-refractivity contribution in [2.75, 3.05) is 7.11 Å². The molecule has 11 heavy (non-hydrogen) atoms. The lowest BCUT2D eigenvalue weighted by molar-refractivity contribution is 0.414. The molecule has 0 aliphatic heterocycles. The first kappa shape index (κ1) is 8.84. The summed E-state index contributed by atoms with van der Waals surface area (Å²) in [5, 5.41) is 0. The Morgan fingerprint density at radius 3 is 2.00 bits per heavy atom. The highest BCUT2D eigenvalue weighted by Gasteiger charge is 2.00. The molecule has 0 aliphatic carbocycles. The zero-order valence-corrected chi connectivity index (χ0v) is 9.10. The molecule has 0 fully saturated rings. The monoisotopic (exact) mass is 262 g/mol. The second-order valence-electron chi connectivity index (χ2n) is 2.58. The standard InChI is InChI=1S/C9H11IO/c1-6-4-8(11-3)5-7(2)9(6)10/h4-5H,1-3H3. The summed E-state index contributed by atoms with van der Waals surface area (Å²) in [4.78, 5) is 0. The maximum absolute atomic E-state index is 5.13. The van der Waals surface area contributed by atoms with Crippen LogP contribution in [-0.2, 0) is 0 Å². The molecule has 0 bridgehead atoms. The van der Waals surface area contributed by atoms with Crippen molar-refractivity contribution in [2.24, 2.45) is 0 Å². The second kappa shape index (κ2) is 3.43. The topological polar surface area (TPSA) is 9.23 Å². The van der Waals surface area contributed by atoms with E-state index in [4.69, 9.17) is 4.74 Å². The van der Waals surface area contributed by atoms with Gasteiger partial charge in [0.25, 0.3) is 0 Å². The van der Waals surface area contributed by atoms with Crippen LogP contribution in [0.2, 0.25) is 0 Å². The largest absolute Gasteiger partial charge is 0.497 e. The van der Waals surface area contributed by atoms with Gasteiger partial charge in [-0.1, -0.05) is 0 Å². The highest BCUT2D eigenvalue weighted by atomic mass is 127. The van der Waals surface area contributed by atoms with Gasteiger partial charge < -0.3 is 4.74 Å². The first-order chi connectivity index (χ1) is 5.15. The van der Waals surface area contributed by atoms with Crippen LogP contribution < -0.4 is 4.74 Å². The third kappa shape index (κ3) is 1.86. The molecule has 60 valence electrons. The van der Waals surface area contributed by atoms with E-state index in [9.17, 15) is 0 Å². The van der Waals surface area contributed by atoms with Crippen LogP contribution in [0.3, 0.4) is 0 Å². The number of rotatable bonds is 1. The number of aryl methyl sites for hydroxylation is 2. The quantitative estimate of drug-likeness (QED) is 0.707. The van der Waals surface area contributed by atoms with E-state index in [1.165, 1.54) is 14.7 Å². The van der Waals surface area contributed by atoms with Crippen LogP contribution in [0.5, 0.6) is 5.75 Å². The van der Waals surface area contributed by atoms with Gasteiger partial charge in [-0.3, -0.25) is 0 Å². The molecule has 0 atom stereocenters. The highest BCUT2D eigenvalue weighted by Crippen LogP contribution is 2.22. The van der Waals surface area contributed by atoms with E-state index in [0.29, 0.717) is 0 Å². The minimum absolute atomic E-state index is 0.945. The first-order valence-corrected chi connectivity index (χ1v) is 4.53. The molecule has 0 unspecified atom stereocenters. The lowest BCUT2D eigenvalue weighted by Crippen LogP contribution is -1.89. The van der Waals surface area contributed by atoms with Crippen molar-refractivity contribution in [1.29, 1.82) is 0 Å². The Kier molecular flexibility index (Phi) is 2.76. The average molecular weight is 262 g/mol. The molecule has 0 heterocycles. The zero-order valence-electron chi connectivity index (χ0n) is 6.94. The molecule has 1 nitrogen and oxygen atoms in total. The third-order valence-electron chi connectivity index (χ3n) is 1.65. The van der Waals surface area contributed by atoms with E-state index >= 15 is 0 Å². The summed E-state index contributed by atoms with van der Waals surface area (Å²) in [5.41, 5.74) is 2.56. The van der Waals surface area contributed by atoms with Crippen molar-refractivity contribution in [3.05, 3.63) is 26.8 Å². The molecular weight excluding hydrogens is 251 g/mol.